The SMILES string of the molecule is CCCCCCOc1ccc(-c2ccn3ccccc23)cc1. The quantitative estimate of drug-likeness (QED) is 0.519. The van der Waals surface area contributed by atoms with Crippen LogP contribution < -0.4 is 4.74 Å². The lowest BCUT2D eigenvalue weighted by Gasteiger charge is -2.07. The van der Waals surface area contributed by atoms with Gasteiger partial charge in [-0.15, -0.1) is 0 Å². The molecule has 0 unspecified atom stereocenters. The van der Waals surface area contributed by atoms with Crippen LogP contribution in [-0.2, 0) is 0 Å². The van der Waals surface area contributed by atoms with Crippen LogP contribution in [0.1, 0.15) is 32.6 Å². The number of nitrogens with zero attached hydrogens (tertiary/aromatic N) is 1. The van der Waals surface area contributed by atoms with Crippen molar-refractivity contribution in [1.29, 1.82) is 0 Å². The first-order valence-corrected chi connectivity index (χ1v) is 8.17. The van der Waals surface area contributed by atoms with E-state index in [2.05, 4.69) is 66.2 Å². The Balaban J connectivity index is 1.66. The van der Waals surface area contributed by atoms with Crippen LogP contribution in [0.2, 0.25) is 0 Å². The Hall–Kier alpha value is -2.22. The van der Waals surface area contributed by atoms with Crippen molar-refractivity contribution in [3.63, 3.8) is 0 Å². The highest BCUT2D eigenvalue weighted by Crippen LogP contribution is 2.27. The molecule has 0 bridgehead atoms. The molecule has 0 aliphatic carbocycles. The van der Waals surface area contributed by atoms with Crippen LogP contribution in [0.5, 0.6) is 5.75 Å². The van der Waals surface area contributed by atoms with E-state index in [-0.39, 0.29) is 0 Å². The van der Waals surface area contributed by atoms with Crippen molar-refractivity contribution < 1.29 is 4.74 Å². The summed E-state index contributed by atoms with van der Waals surface area (Å²) in [7, 11) is 0. The van der Waals surface area contributed by atoms with Crippen LogP contribution in [-0.4, -0.2) is 11.0 Å². The van der Waals surface area contributed by atoms with Gasteiger partial charge in [0.25, 0.3) is 0 Å². The Kier molecular flexibility index (Phi) is 4.79. The van der Waals surface area contributed by atoms with Crippen molar-refractivity contribution in [3.05, 3.63) is 60.9 Å². The lowest BCUT2D eigenvalue weighted by atomic mass is 10.1. The molecule has 0 aliphatic rings. The molecule has 0 amide bonds. The summed E-state index contributed by atoms with van der Waals surface area (Å²) in [4.78, 5) is 0. The molecule has 0 saturated carbocycles. The molecule has 1 aromatic carbocycles. The molecule has 0 saturated heterocycles. The lowest BCUT2D eigenvalue weighted by molar-refractivity contribution is 0.305. The summed E-state index contributed by atoms with van der Waals surface area (Å²) >= 11 is 0. The Morgan fingerprint density at radius 2 is 1.73 bits per heavy atom. The molecule has 3 rings (SSSR count). The van der Waals surface area contributed by atoms with Crippen LogP contribution in [0.4, 0.5) is 0 Å². The molecular weight excluding hydrogens is 270 g/mol. The second-order valence-corrected chi connectivity index (χ2v) is 5.66. The smallest absolute Gasteiger partial charge is 0.119 e. The summed E-state index contributed by atoms with van der Waals surface area (Å²) in [6, 6.07) is 16.9. The van der Waals surface area contributed by atoms with Gasteiger partial charge in [-0.2, -0.15) is 0 Å². The molecule has 0 atom stereocenters. The highest BCUT2D eigenvalue weighted by Gasteiger charge is 2.04. The maximum atomic E-state index is 5.81. The number of rotatable bonds is 7. The molecule has 2 aromatic heterocycles. The largest absolute Gasteiger partial charge is 0.494 e. The van der Waals surface area contributed by atoms with E-state index >= 15 is 0 Å². The maximum Gasteiger partial charge on any atom is 0.119 e. The van der Waals surface area contributed by atoms with Gasteiger partial charge >= 0.3 is 0 Å². The number of pyridine rings is 1. The fraction of sp³-hybridized carbons (Fsp3) is 0.300. The minimum Gasteiger partial charge on any atom is -0.494 e. The minimum atomic E-state index is 0.814. The van der Waals surface area contributed by atoms with E-state index in [0.29, 0.717) is 0 Å². The van der Waals surface area contributed by atoms with Gasteiger partial charge in [0.2, 0.25) is 0 Å². The third kappa shape index (κ3) is 3.33. The van der Waals surface area contributed by atoms with E-state index in [0.717, 1.165) is 18.8 Å². The predicted octanol–water partition coefficient (Wildman–Crippen LogP) is 5.57. The zero-order chi connectivity index (χ0) is 15.2. The predicted molar refractivity (Wildman–Crippen MR) is 92.5 cm³/mol. The Labute approximate surface area is 132 Å². The summed E-state index contributed by atoms with van der Waals surface area (Å²) in [6.07, 6.45) is 9.13. The summed E-state index contributed by atoms with van der Waals surface area (Å²) in [5, 5.41) is 0. The third-order valence-electron chi connectivity index (χ3n) is 4.00. The number of ether oxygens (including phenoxy) is 1. The molecule has 2 nitrogen and oxygen atoms in total. The molecular formula is C20H23NO. The van der Waals surface area contributed by atoms with Gasteiger partial charge in [0.15, 0.2) is 0 Å². The van der Waals surface area contributed by atoms with Crippen molar-refractivity contribution >= 4 is 5.52 Å². The molecule has 0 aliphatic heterocycles. The zero-order valence-corrected chi connectivity index (χ0v) is 13.2. The van der Waals surface area contributed by atoms with E-state index in [1.165, 1.54) is 35.9 Å². The molecule has 114 valence electrons. The average molecular weight is 293 g/mol. The number of hydrogen-bond acceptors (Lipinski definition) is 1. The fourth-order valence-corrected chi connectivity index (χ4v) is 2.75. The third-order valence-corrected chi connectivity index (χ3v) is 4.00. The van der Waals surface area contributed by atoms with E-state index in [4.69, 9.17) is 4.74 Å². The van der Waals surface area contributed by atoms with E-state index in [9.17, 15) is 0 Å². The highest BCUT2D eigenvalue weighted by atomic mass is 16.5. The van der Waals surface area contributed by atoms with Crippen LogP contribution >= 0.6 is 0 Å². The van der Waals surface area contributed by atoms with Crippen LogP contribution in [0.25, 0.3) is 16.6 Å². The van der Waals surface area contributed by atoms with Crippen molar-refractivity contribution in [1.82, 2.24) is 4.40 Å². The molecule has 22 heavy (non-hydrogen) atoms. The van der Waals surface area contributed by atoms with Gasteiger partial charge in [-0.1, -0.05) is 44.4 Å². The first-order chi connectivity index (χ1) is 10.9. The molecule has 0 N–H and O–H groups in total. The van der Waals surface area contributed by atoms with Crippen LogP contribution in [0, 0.1) is 0 Å². The Morgan fingerprint density at radius 1 is 0.864 bits per heavy atom. The van der Waals surface area contributed by atoms with Gasteiger partial charge in [-0.05, 0) is 42.3 Å². The van der Waals surface area contributed by atoms with E-state index < -0.39 is 0 Å². The van der Waals surface area contributed by atoms with E-state index in [1.807, 2.05) is 6.07 Å². The summed E-state index contributed by atoms with van der Waals surface area (Å²) in [5.74, 6) is 0.962. The molecule has 2 heterocycles. The normalized spacial score (nSPS) is 11.0. The summed E-state index contributed by atoms with van der Waals surface area (Å²) in [6.45, 7) is 3.04. The standard InChI is InChI=1S/C20H23NO/c1-2-3-4-7-16-22-18-11-9-17(10-12-18)19-13-15-21-14-6-5-8-20(19)21/h5-6,8-15H,2-4,7,16H2,1H3. The van der Waals surface area contributed by atoms with Crippen LogP contribution in [0.15, 0.2) is 60.9 Å². The second-order valence-electron chi connectivity index (χ2n) is 5.66. The number of hydrogen-bond donors (Lipinski definition) is 0. The molecule has 0 fully saturated rings. The highest BCUT2D eigenvalue weighted by molar-refractivity contribution is 5.81. The minimum absolute atomic E-state index is 0.814. The average Bonchev–Trinajstić information content (AvgIpc) is 2.99. The number of aromatic nitrogens is 1. The first kappa shape index (κ1) is 14.7. The van der Waals surface area contributed by atoms with Gasteiger partial charge in [0.05, 0.1) is 12.1 Å². The van der Waals surface area contributed by atoms with Gasteiger partial charge in [-0.25, -0.2) is 0 Å². The fourth-order valence-electron chi connectivity index (χ4n) is 2.75. The second kappa shape index (κ2) is 7.17. The maximum absolute atomic E-state index is 5.81. The summed E-state index contributed by atoms with van der Waals surface area (Å²) in [5.41, 5.74) is 3.72. The van der Waals surface area contributed by atoms with Gasteiger partial charge in [0.1, 0.15) is 5.75 Å². The molecule has 2 heteroatoms. The van der Waals surface area contributed by atoms with Crippen molar-refractivity contribution in [2.75, 3.05) is 6.61 Å². The zero-order valence-electron chi connectivity index (χ0n) is 13.2. The van der Waals surface area contributed by atoms with E-state index in [1.54, 1.807) is 0 Å². The van der Waals surface area contributed by atoms with Gasteiger partial charge in [0, 0.05) is 18.0 Å². The van der Waals surface area contributed by atoms with Crippen molar-refractivity contribution in [3.8, 4) is 16.9 Å². The molecule has 0 spiro atoms. The number of fused-ring (bicyclic) bond motifs is 1. The Bertz CT molecular complexity index is 712. The Morgan fingerprint density at radius 3 is 2.55 bits per heavy atom. The van der Waals surface area contributed by atoms with Crippen molar-refractivity contribution in [2.24, 2.45) is 0 Å². The number of unbranched alkanes of at least 4 members (excludes halogenated alkanes) is 3. The van der Waals surface area contributed by atoms with Gasteiger partial charge in [-0.3, -0.25) is 0 Å². The first-order valence-electron chi connectivity index (χ1n) is 8.17. The molecule has 0 radical (unpaired) electrons. The molecule has 3 aromatic rings. The lowest BCUT2D eigenvalue weighted by Crippen LogP contribution is -1.96. The summed E-state index contributed by atoms with van der Waals surface area (Å²) < 4.78 is 7.95. The monoisotopic (exact) mass is 293 g/mol. The number of benzene rings is 1. The van der Waals surface area contributed by atoms with Gasteiger partial charge < -0.3 is 9.14 Å². The van der Waals surface area contributed by atoms with Crippen molar-refractivity contribution in [2.45, 2.75) is 32.6 Å². The topological polar surface area (TPSA) is 13.6 Å². The van der Waals surface area contributed by atoms with Crippen LogP contribution in [0.3, 0.4) is 0 Å².